The molecule has 1 N–H and O–H groups in total. The molecule has 0 aromatic carbocycles. The van der Waals surface area contributed by atoms with E-state index in [0.29, 0.717) is 12.8 Å². The summed E-state index contributed by atoms with van der Waals surface area (Å²) in [5.74, 6) is -1.90. The van der Waals surface area contributed by atoms with Crippen LogP contribution in [-0.2, 0) is 14.8 Å². The minimum Gasteiger partial charge on any atom is -0.378 e. The van der Waals surface area contributed by atoms with Crippen LogP contribution in [0.1, 0.15) is 39.5 Å². The number of hydrogen-bond donors (Lipinski definition) is 1. The highest BCUT2D eigenvalue weighted by Crippen LogP contribution is 2.37. The van der Waals surface area contributed by atoms with Gasteiger partial charge in [-0.2, -0.15) is 13.2 Å². The highest BCUT2D eigenvalue weighted by molar-refractivity contribution is 7.89. The third kappa shape index (κ3) is 5.97. The van der Waals surface area contributed by atoms with E-state index < -0.39 is 28.2 Å². The SMILES string of the molecule is CC(C)OCCS(=O)(=O)N[C@H]1CCCC[C@@H]1C(F)(F)F. The Morgan fingerprint density at radius 3 is 2.40 bits per heavy atom. The molecule has 2 atom stereocenters. The summed E-state index contributed by atoms with van der Waals surface area (Å²) in [5, 5.41) is 0. The molecular weight excluding hydrogens is 295 g/mol. The highest BCUT2D eigenvalue weighted by Gasteiger charge is 2.46. The zero-order valence-electron chi connectivity index (χ0n) is 11.7. The van der Waals surface area contributed by atoms with Crippen LogP contribution in [0, 0.1) is 5.92 Å². The molecule has 1 saturated carbocycles. The van der Waals surface area contributed by atoms with Crippen molar-refractivity contribution in [1.82, 2.24) is 4.72 Å². The first-order valence-electron chi connectivity index (χ1n) is 6.80. The monoisotopic (exact) mass is 317 g/mol. The van der Waals surface area contributed by atoms with Crippen LogP contribution in [0.3, 0.4) is 0 Å². The maximum atomic E-state index is 12.9. The molecule has 4 nitrogen and oxygen atoms in total. The van der Waals surface area contributed by atoms with E-state index in [-0.39, 0.29) is 31.3 Å². The molecule has 0 bridgehead atoms. The van der Waals surface area contributed by atoms with E-state index in [0.717, 1.165) is 0 Å². The molecule has 8 heteroatoms. The summed E-state index contributed by atoms with van der Waals surface area (Å²) in [4.78, 5) is 0. The van der Waals surface area contributed by atoms with Gasteiger partial charge in [-0.1, -0.05) is 12.8 Å². The molecule has 1 fully saturated rings. The maximum Gasteiger partial charge on any atom is 0.393 e. The first-order valence-corrected chi connectivity index (χ1v) is 8.45. The molecular formula is C12H22F3NO3S. The van der Waals surface area contributed by atoms with Crippen LogP contribution in [0.4, 0.5) is 13.2 Å². The molecule has 0 radical (unpaired) electrons. The summed E-state index contributed by atoms with van der Waals surface area (Å²) in [6.07, 6.45) is -3.15. The van der Waals surface area contributed by atoms with Crippen LogP contribution in [0.2, 0.25) is 0 Å². The molecule has 0 heterocycles. The fourth-order valence-electron chi connectivity index (χ4n) is 2.35. The van der Waals surface area contributed by atoms with Gasteiger partial charge < -0.3 is 4.74 Å². The number of rotatable bonds is 6. The van der Waals surface area contributed by atoms with Crippen molar-refractivity contribution in [3.8, 4) is 0 Å². The predicted molar refractivity (Wildman–Crippen MR) is 69.8 cm³/mol. The van der Waals surface area contributed by atoms with Gasteiger partial charge in [-0.15, -0.1) is 0 Å². The average Bonchev–Trinajstić information content (AvgIpc) is 2.26. The second-order valence-electron chi connectivity index (χ2n) is 5.40. The minimum absolute atomic E-state index is 0.0147. The largest absolute Gasteiger partial charge is 0.393 e. The maximum absolute atomic E-state index is 12.9. The zero-order valence-corrected chi connectivity index (χ0v) is 12.6. The van der Waals surface area contributed by atoms with E-state index in [1.165, 1.54) is 0 Å². The Kier molecular flexibility index (Phi) is 6.27. The van der Waals surface area contributed by atoms with Crippen molar-refractivity contribution < 1.29 is 26.3 Å². The van der Waals surface area contributed by atoms with Crippen molar-refractivity contribution in [3.63, 3.8) is 0 Å². The van der Waals surface area contributed by atoms with E-state index in [9.17, 15) is 21.6 Å². The van der Waals surface area contributed by atoms with Crippen LogP contribution in [0.15, 0.2) is 0 Å². The van der Waals surface area contributed by atoms with Crippen molar-refractivity contribution in [2.75, 3.05) is 12.4 Å². The first kappa shape index (κ1) is 17.7. The Labute approximate surface area is 118 Å². The van der Waals surface area contributed by atoms with Gasteiger partial charge in [0.15, 0.2) is 0 Å². The average molecular weight is 317 g/mol. The van der Waals surface area contributed by atoms with Crippen LogP contribution >= 0.6 is 0 Å². The first-order chi connectivity index (χ1) is 9.12. The van der Waals surface area contributed by atoms with Gasteiger partial charge in [0.1, 0.15) is 0 Å². The van der Waals surface area contributed by atoms with E-state index in [1.54, 1.807) is 13.8 Å². The molecule has 0 saturated heterocycles. The molecule has 0 aliphatic heterocycles. The van der Waals surface area contributed by atoms with Crippen LogP contribution in [-0.4, -0.2) is 39.1 Å². The van der Waals surface area contributed by atoms with Gasteiger partial charge in [0, 0.05) is 6.04 Å². The second kappa shape index (κ2) is 7.09. The van der Waals surface area contributed by atoms with Gasteiger partial charge in [0.25, 0.3) is 0 Å². The third-order valence-electron chi connectivity index (χ3n) is 3.32. The summed E-state index contributed by atoms with van der Waals surface area (Å²) in [6, 6.07) is -1.05. The van der Waals surface area contributed by atoms with Gasteiger partial charge >= 0.3 is 6.18 Å². The van der Waals surface area contributed by atoms with Crippen LogP contribution < -0.4 is 4.72 Å². The number of hydrogen-bond acceptors (Lipinski definition) is 3. The second-order valence-corrected chi connectivity index (χ2v) is 7.27. The topological polar surface area (TPSA) is 55.4 Å². The lowest BCUT2D eigenvalue weighted by Crippen LogP contribution is -2.48. The molecule has 0 aromatic rings. The number of nitrogens with one attached hydrogen (secondary N) is 1. The Morgan fingerprint density at radius 1 is 1.25 bits per heavy atom. The Hall–Kier alpha value is -0.340. The highest BCUT2D eigenvalue weighted by atomic mass is 32.2. The molecule has 0 unspecified atom stereocenters. The molecule has 1 aliphatic rings. The molecule has 1 rings (SSSR count). The Bertz CT molecular complexity index is 395. The molecule has 0 spiro atoms. The quantitative estimate of drug-likeness (QED) is 0.819. The number of alkyl halides is 3. The fourth-order valence-corrected chi connectivity index (χ4v) is 3.52. The fraction of sp³-hybridized carbons (Fsp3) is 1.00. The van der Waals surface area contributed by atoms with Gasteiger partial charge in [-0.3, -0.25) is 0 Å². The normalized spacial score (nSPS) is 25.1. The van der Waals surface area contributed by atoms with Crippen LogP contribution in [0.5, 0.6) is 0 Å². The van der Waals surface area contributed by atoms with Crippen molar-refractivity contribution in [1.29, 1.82) is 0 Å². The van der Waals surface area contributed by atoms with Crippen molar-refractivity contribution in [3.05, 3.63) is 0 Å². The standard InChI is InChI=1S/C12H22F3NO3S/c1-9(2)19-7-8-20(17,18)16-11-6-4-3-5-10(11)12(13,14)15/h9-11,16H,3-8H2,1-2H3/t10-,11-/m0/s1. The van der Waals surface area contributed by atoms with E-state index in [4.69, 9.17) is 4.74 Å². The Balaban J connectivity index is 2.59. The van der Waals surface area contributed by atoms with E-state index in [1.807, 2.05) is 0 Å². The minimum atomic E-state index is -4.36. The van der Waals surface area contributed by atoms with E-state index >= 15 is 0 Å². The molecule has 0 amide bonds. The lowest BCUT2D eigenvalue weighted by Gasteiger charge is -2.33. The van der Waals surface area contributed by atoms with Crippen molar-refractivity contribution in [2.24, 2.45) is 5.92 Å². The lowest BCUT2D eigenvalue weighted by molar-refractivity contribution is -0.187. The number of ether oxygens (including phenoxy) is 1. The summed E-state index contributed by atoms with van der Waals surface area (Å²) >= 11 is 0. The molecule has 1 aliphatic carbocycles. The van der Waals surface area contributed by atoms with E-state index in [2.05, 4.69) is 4.72 Å². The summed E-state index contributed by atoms with van der Waals surface area (Å²) < 4.78 is 69.5. The van der Waals surface area contributed by atoms with Gasteiger partial charge in [0.05, 0.1) is 24.4 Å². The van der Waals surface area contributed by atoms with Gasteiger partial charge in [-0.25, -0.2) is 13.1 Å². The third-order valence-corrected chi connectivity index (χ3v) is 4.69. The summed E-state index contributed by atoms with van der Waals surface area (Å²) in [6.45, 7) is 3.51. The predicted octanol–water partition coefficient (Wildman–Crippen LogP) is 2.45. The van der Waals surface area contributed by atoms with Crippen molar-refractivity contribution in [2.45, 2.75) is 57.9 Å². The molecule has 0 aromatic heterocycles. The zero-order chi connectivity index (χ0) is 15.4. The lowest BCUT2D eigenvalue weighted by atomic mass is 9.85. The van der Waals surface area contributed by atoms with Crippen LogP contribution in [0.25, 0.3) is 0 Å². The summed E-state index contributed by atoms with van der Waals surface area (Å²) in [5.41, 5.74) is 0. The molecule has 120 valence electrons. The number of halogens is 3. The van der Waals surface area contributed by atoms with Crippen molar-refractivity contribution >= 4 is 10.0 Å². The molecule has 20 heavy (non-hydrogen) atoms. The Morgan fingerprint density at radius 2 is 1.85 bits per heavy atom. The van der Waals surface area contributed by atoms with Gasteiger partial charge in [-0.05, 0) is 26.7 Å². The van der Waals surface area contributed by atoms with Gasteiger partial charge in [0.2, 0.25) is 10.0 Å². The smallest absolute Gasteiger partial charge is 0.378 e. The number of sulfonamides is 1. The summed E-state index contributed by atoms with van der Waals surface area (Å²) in [7, 11) is -3.75.